The fraction of sp³-hybridized carbons (Fsp3) is 1.00. The highest BCUT2D eigenvalue weighted by molar-refractivity contribution is 4.66. The number of hydrogen-bond donors (Lipinski definition) is 0. The first-order chi connectivity index (χ1) is 17.9. The van der Waals surface area contributed by atoms with Gasteiger partial charge < -0.3 is 56.8 Å². The van der Waals surface area contributed by atoms with Gasteiger partial charge in [0.25, 0.3) is 0 Å². The van der Waals surface area contributed by atoms with E-state index in [0.717, 1.165) is 6.61 Å². The van der Waals surface area contributed by atoms with Crippen LogP contribution in [0.15, 0.2) is 0 Å². The normalized spacial score (nSPS) is 15.1. The van der Waals surface area contributed by atoms with Gasteiger partial charge in [-0.05, 0) is 0 Å². The number of rotatable bonds is 32. The molecule has 1 atom stereocenters. The summed E-state index contributed by atoms with van der Waals surface area (Å²) < 4.78 is 64.0. The Hall–Kier alpha value is -0.480. The average molecular weight is 529 g/mol. The van der Waals surface area contributed by atoms with E-state index in [1.165, 1.54) is 0 Å². The standard InChI is InChI=1S/C24H48O12/c1-25-2-3-26-4-5-27-6-7-28-8-9-29-10-11-30-12-13-31-14-15-32-16-17-33-18-19-34-20-21-35-22-24-23-36-24/h24H,2-23H2,1H3. The minimum Gasteiger partial charge on any atom is -0.382 e. The number of hydrogen-bond acceptors (Lipinski definition) is 12. The van der Waals surface area contributed by atoms with E-state index in [1.54, 1.807) is 7.11 Å². The van der Waals surface area contributed by atoms with Crippen LogP contribution < -0.4 is 0 Å². The second-order valence-corrected chi connectivity index (χ2v) is 7.53. The first-order valence-corrected chi connectivity index (χ1v) is 12.8. The Morgan fingerprint density at radius 1 is 0.389 bits per heavy atom. The maximum Gasteiger partial charge on any atom is 0.104 e. The molecule has 12 nitrogen and oxygen atoms in total. The van der Waals surface area contributed by atoms with E-state index in [9.17, 15) is 0 Å². The van der Waals surface area contributed by atoms with Crippen LogP contribution in [-0.2, 0) is 56.8 Å². The Kier molecular flexibility index (Phi) is 27.1. The average Bonchev–Trinajstić information content (AvgIpc) is 3.72. The molecule has 1 heterocycles. The molecule has 1 saturated heterocycles. The van der Waals surface area contributed by atoms with Crippen molar-refractivity contribution < 1.29 is 56.8 Å². The molecular formula is C24H48O12. The zero-order valence-corrected chi connectivity index (χ0v) is 22.0. The van der Waals surface area contributed by atoms with E-state index in [1.807, 2.05) is 0 Å². The molecule has 1 fully saturated rings. The number of ether oxygens (including phenoxy) is 12. The van der Waals surface area contributed by atoms with Crippen molar-refractivity contribution in [1.29, 1.82) is 0 Å². The highest BCUT2D eigenvalue weighted by atomic mass is 16.6. The third-order valence-corrected chi connectivity index (χ3v) is 4.49. The van der Waals surface area contributed by atoms with E-state index < -0.39 is 0 Å². The Bertz CT molecular complexity index is 415. The Morgan fingerprint density at radius 2 is 0.611 bits per heavy atom. The van der Waals surface area contributed by atoms with E-state index in [2.05, 4.69) is 0 Å². The lowest BCUT2D eigenvalue weighted by Gasteiger charge is -2.09. The zero-order chi connectivity index (χ0) is 25.6. The predicted octanol–water partition coefficient (Wildman–Crippen LogP) is 0.198. The zero-order valence-electron chi connectivity index (χ0n) is 22.0. The third kappa shape index (κ3) is 28.1. The van der Waals surface area contributed by atoms with Gasteiger partial charge in [0.05, 0.1) is 145 Å². The second kappa shape index (κ2) is 29.1. The Labute approximate surface area is 215 Å². The van der Waals surface area contributed by atoms with Crippen LogP contribution in [0.2, 0.25) is 0 Å². The van der Waals surface area contributed by atoms with Gasteiger partial charge in [0, 0.05) is 7.11 Å². The number of methoxy groups -OCH3 is 1. The highest BCUT2D eigenvalue weighted by Crippen LogP contribution is 2.07. The SMILES string of the molecule is COCCOCCOCCOCCOCCOCCOCCOCCOCCOCCOCC1CO1. The summed E-state index contributed by atoms with van der Waals surface area (Å²) in [6, 6.07) is 0. The molecular weight excluding hydrogens is 480 g/mol. The quantitative estimate of drug-likeness (QED) is 0.0877. The minimum atomic E-state index is 0.301. The van der Waals surface area contributed by atoms with Crippen LogP contribution in [0.1, 0.15) is 0 Å². The summed E-state index contributed by atoms with van der Waals surface area (Å²) in [5.74, 6) is 0. The highest BCUT2D eigenvalue weighted by Gasteiger charge is 2.21. The Morgan fingerprint density at radius 3 is 0.833 bits per heavy atom. The maximum atomic E-state index is 5.45. The van der Waals surface area contributed by atoms with Crippen LogP contribution >= 0.6 is 0 Å². The molecule has 0 aromatic carbocycles. The molecule has 0 aromatic rings. The monoisotopic (exact) mass is 528 g/mol. The van der Waals surface area contributed by atoms with Crippen LogP contribution in [0.5, 0.6) is 0 Å². The molecule has 1 rings (SSSR count). The van der Waals surface area contributed by atoms with E-state index in [4.69, 9.17) is 56.8 Å². The topological polar surface area (TPSA) is 114 Å². The number of epoxide rings is 1. The summed E-state index contributed by atoms with van der Waals surface area (Å²) >= 11 is 0. The van der Waals surface area contributed by atoms with Crippen molar-refractivity contribution in [2.24, 2.45) is 0 Å². The summed E-state index contributed by atoms with van der Waals surface area (Å²) in [7, 11) is 1.65. The second-order valence-electron chi connectivity index (χ2n) is 7.53. The first kappa shape index (κ1) is 33.5. The van der Waals surface area contributed by atoms with E-state index in [-0.39, 0.29) is 0 Å². The van der Waals surface area contributed by atoms with Gasteiger partial charge in [-0.25, -0.2) is 0 Å². The van der Waals surface area contributed by atoms with Crippen molar-refractivity contribution in [3.05, 3.63) is 0 Å². The third-order valence-electron chi connectivity index (χ3n) is 4.49. The summed E-state index contributed by atoms with van der Waals surface area (Å²) in [6.45, 7) is 12.4. The summed E-state index contributed by atoms with van der Waals surface area (Å²) in [5, 5.41) is 0. The van der Waals surface area contributed by atoms with Crippen LogP contribution in [0.25, 0.3) is 0 Å². The van der Waals surface area contributed by atoms with Gasteiger partial charge in [0.2, 0.25) is 0 Å². The molecule has 0 aromatic heterocycles. The van der Waals surface area contributed by atoms with Gasteiger partial charge in [0.15, 0.2) is 0 Å². The molecule has 1 aliphatic heterocycles. The Balaban J connectivity index is 1.58. The molecule has 0 radical (unpaired) electrons. The van der Waals surface area contributed by atoms with Gasteiger partial charge in [0.1, 0.15) is 6.10 Å². The van der Waals surface area contributed by atoms with Gasteiger partial charge in [-0.2, -0.15) is 0 Å². The maximum absolute atomic E-state index is 5.45. The van der Waals surface area contributed by atoms with Crippen molar-refractivity contribution in [3.8, 4) is 0 Å². The van der Waals surface area contributed by atoms with Gasteiger partial charge >= 0.3 is 0 Å². The lowest BCUT2D eigenvalue weighted by molar-refractivity contribution is -0.0272. The summed E-state index contributed by atoms with van der Waals surface area (Å²) in [6.07, 6.45) is 0.301. The van der Waals surface area contributed by atoms with Crippen LogP contribution in [0, 0.1) is 0 Å². The lowest BCUT2D eigenvalue weighted by Crippen LogP contribution is -2.15. The fourth-order valence-corrected chi connectivity index (χ4v) is 2.50. The van der Waals surface area contributed by atoms with E-state index in [0.29, 0.717) is 145 Å². The predicted molar refractivity (Wildman–Crippen MR) is 130 cm³/mol. The van der Waals surface area contributed by atoms with Gasteiger partial charge in [-0.3, -0.25) is 0 Å². The summed E-state index contributed by atoms with van der Waals surface area (Å²) in [5.41, 5.74) is 0. The fourth-order valence-electron chi connectivity index (χ4n) is 2.50. The smallest absolute Gasteiger partial charge is 0.104 e. The molecule has 0 bridgehead atoms. The van der Waals surface area contributed by atoms with Crippen molar-refractivity contribution >= 4 is 0 Å². The minimum absolute atomic E-state index is 0.301. The van der Waals surface area contributed by atoms with Gasteiger partial charge in [-0.1, -0.05) is 0 Å². The van der Waals surface area contributed by atoms with Crippen LogP contribution in [-0.4, -0.2) is 159 Å². The molecule has 1 aliphatic rings. The molecule has 0 amide bonds. The largest absolute Gasteiger partial charge is 0.382 e. The molecule has 0 aliphatic carbocycles. The van der Waals surface area contributed by atoms with Crippen LogP contribution in [0.3, 0.4) is 0 Å². The lowest BCUT2D eigenvalue weighted by atomic mass is 10.5. The van der Waals surface area contributed by atoms with E-state index >= 15 is 0 Å². The molecule has 1 unspecified atom stereocenters. The molecule has 0 saturated carbocycles. The molecule has 36 heavy (non-hydrogen) atoms. The van der Waals surface area contributed by atoms with Crippen molar-refractivity contribution in [2.75, 3.05) is 152 Å². The molecule has 0 N–H and O–H groups in total. The van der Waals surface area contributed by atoms with Crippen molar-refractivity contribution in [1.82, 2.24) is 0 Å². The van der Waals surface area contributed by atoms with Crippen LogP contribution in [0.4, 0.5) is 0 Å². The van der Waals surface area contributed by atoms with Crippen molar-refractivity contribution in [2.45, 2.75) is 6.10 Å². The molecule has 12 heteroatoms. The van der Waals surface area contributed by atoms with Gasteiger partial charge in [-0.15, -0.1) is 0 Å². The molecule has 0 spiro atoms. The van der Waals surface area contributed by atoms with Crippen molar-refractivity contribution in [3.63, 3.8) is 0 Å². The first-order valence-electron chi connectivity index (χ1n) is 12.8. The summed E-state index contributed by atoms with van der Waals surface area (Å²) in [4.78, 5) is 0. The molecule has 216 valence electrons.